The maximum absolute atomic E-state index is 4.83. The van der Waals surface area contributed by atoms with E-state index in [1.165, 1.54) is 24.1 Å². The summed E-state index contributed by atoms with van der Waals surface area (Å²) in [4.78, 5) is 9.40. The van der Waals surface area contributed by atoms with Crippen LogP contribution in [0.4, 0.5) is 0 Å². The van der Waals surface area contributed by atoms with E-state index in [2.05, 4.69) is 44.2 Å². The molecule has 2 rings (SSSR count). The summed E-state index contributed by atoms with van der Waals surface area (Å²) in [6.07, 6.45) is 5.47. The number of nitrogens with zero attached hydrogens (tertiary/aromatic N) is 2. The molecule has 0 aliphatic heterocycles. The minimum absolute atomic E-state index is 0.321. The van der Waals surface area contributed by atoms with Gasteiger partial charge >= 0.3 is 0 Å². The second kappa shape index (κ2) is 6.90. The quantitative estimate of drug-likeness (QED) is 0.867. The normalized spacial score (nSPS) is 20.7. The summed E-state index contributed by atoms with van der Waals surface area (Å²) in [6.45, 7) is 10.1. The Morgan fingerprint density at radius 1 is 1.40 bits per heavy atom. The van der Waals surface area contributed by atoms with Gasteiger partial charge in [0, 0.05) is 23.5 Å². The van der Waals surface area contributed by atoms with Crippen molar-refractivity contribution in [1.29, 1.82) is 0 Å². The molecule has 3 nitrogen and oxygen atoms in total. The molecule has 0 saturated carbocycles. The van der Waals surface area contributed by atoms with Crippen LogP contribution in [-0.2, 0) is 12.2 Å². The average molecular weight is 293 g/mol. The van der Waals surface area contributed by atoms with Gasteiger partial charge in [-0.25, -0.2) is 9.97 Å². The molecule has 0 saturated heterocycles. The molecule has 4 heteroatoms. The third-order valence-corrected chi connectivity index (χ3v) is 4.67. The van der Waals surface area contributed by atoms with Crippen LogP contribution in [0.3, 0.4) is 0 Å². The Hall–Kier alpha value is -0.610. The zero-order valence-electron chi connectivity index (χ0n) is 13.2. The fraction of sp³-hybridized carbons (Fsp3) is 0.750. The summed E-state index contributed by atoms with van der Waals surface area (Å²) in [5, 5.41) is 3.66. The molecular weight excluding hydrogens is 266 g/mol. The molecule has 0 bridgehead atoms. The summed E-state index contributed by atoms with van der Waals surface area (Å²) in [7, 11) is 0. The predicted molar refractivity (Wildman–Crippen MR) is 87.0 cm³/mol. The summed E-state index contributed by atoms with van der Waals surface area (Å²) in [5.74, 6) is 3.03. The summed E-state index contributed by atoms with van der Waals surface area (Å²) in [5.41, 5.74) is 2.90. The van der Waals surface area contributed by atoms with Gasteiger partial charge in [0.25, 0.3) is 0 Å². The van der Waals surface area contributed by atoms with Crippen LogP contribution in [0.1, 0.15) is 63.7 Å². The molecule has 0 fully saturated rings. The van der Waals surface area contributed by atoms with Gasteiger partial charge < -0.3 is 5.32 Å². The average Bonchev–Trinajstić information content (AvgIpc) is 2.40. The van der Waals surface area contributed by atoms with Crippen LogP contribution >= 0.6 is 11.8 Å². The lowest BCUT2D eigenvalue weighted by Gasteiger charge is -2.36. The SMILES string of the molecule is CCCNC1CC(C)(C)Cc2nc(CSCC)ncc21. The van der Waals surface area contributed by atoms with Crippen molar-refractivity contribution in [2.75, 3.05) is 12.3 Å². The number of rotatable bonds is 6. The smallest absolute Gasteiger partial charge is 0.138 e. The summed E-state index contributed by atoms with van der Waals surface area (Å²) >= 11 is 1.89. The van der Waals surface area contributed by atoms with E-state index in [9.17, 15) is 0 Å². The molecule has 1 N–H and O–H groups in total. The van der Waals surface area contributed by atoms with E-state index in [1.807, 2.05) is 11.8 Å². The fourth-order valence-corrected chi connectivity index (χ4v) is 3.38. The Balaban J connectivity index is 2.22. The molecule has 1 aromatic rings. The second-order valence-electron chi connectivity index (χ2n) is 6.38. The Kier molecular flexibility index (Phi) is 5.44. The van der Waals surface area contributed by atoms with Gasteiger partial charge in [-0.2, -0.15) is 11.8 Å². The molecule has 1 atom stereocenters. The van der Waals surface area contributed by atoms with Crippen molar-refractivity contribution < 1.29 is 0 Å². The first-order valence-corrected chi connectivity index (χ1v) is 8.87. The first-order chi connectivity index (χ1) is 9.55. The third kappa shape index (κ3) is 3.95. The van der Waals surface area contributed by atoms with Gasteiger partial charge in [-0.05, 0) is 37.0 Å². The number of hydrogen-bond donors (Lipinski definition) is 1. The zero-order chi connectivity index (χ0) is 14.6. The van der Waals surface area contributed by atoms with Crippen LogP contribution in [0.5, 0.6) is 0 Å². The molecule has 1 heterocycles. The van der Waals surface area contributed by atoms with Crippen molar-refractivity contribution >= 4 is 11.8 Å². The largest absolute Gasteiger partial charge is 0.310 e. The molecule has 1 aliphatic rings. The Labute approximate surface area is 127 Å². The van der Waals surface area contributed by atoms with E-state index in [0.717, 1.165) is 30.3 Å². The summed E-state index contributed by atoms with van der Waals surface area (Å²) < 4.78 is 0. The van der Waals surface area contributed by atoms with Crippen molar-refractivity contribution in [2.24, 2.45) is 5.41 Å². The van der Waals surface area contributed by atoms with E-state index in [0.29, 0.717) is 11.5 Å². The molecule has 0 aromatic carbocycles. The lowest BCUT2D eigenvalue weighted by atomic mass is 9.74. The highest BCUT2D eigenvalue weighted by Crippen LogP contribution is 2.39. The van der Waals surface area contributed by atoms with E-state index < -0.39 is 0 Å². The molecule has 0 spiro atoms. The molecular formula is C16H27N3S. The van der Waals surface area contributed by atoms with Gasteiger partial charge in [0.2, 0.25) is 0 Å². The number of hydrogen-bond acceptors (Lipinski definition) is 4. The molecule has 112 valence electrons. The third-order valence-electron chi connectivity index (χ3n) is 3.80. The van der Waals surface area contributed by atoms with Crippen molar-refractivity contribution in [2.45, 2.75) is 58.8 Å². The number of fused-ring (bicyclic) bond motifs is 1. The number of nitrogens with one attached hydrogen (secondary N) is 1. The molecule has 1 aromatic heterocycles. The molecule has 0 amide bonds. The monoisotopic (exact) mass is 293 g/mol. The molecule has 0 radical (unpaired) electrons. The van der Waals surface area contributed by atoms with Crippen LogP contribution in [-0.4, -0.2) is 22.3 Å². The molecule has 1 unspecified atom stereocenters. The van der Waals surface area contributed by atoms with Gasteiger partial charge in [0.15, 0.2) is 0 Å². The van der Waals surface area contributed by atoms with Crippen molar-refractivity contribution in [3.05, 3.63) is 23.3 Å². The lowest BCUT2D eigenvalue weighted by Crippen LogP contribution is -2.34. The second-order valence-corrected chi connectivity index (χ2v) is 7.65. The maximum atomic E-state index is 4.83. The van der Waals surface area contributed by atoms with E-state index in [-0.39, 0.29) is 0 Å². The van der Waals surface area contributed by atoms with Gasteiger partial charge in [-0.1, -0.05) is 27.7 Å². The van der Waals surface area contributed by atoms with Gasteiger partial charge in [-0.15, -0.1) is 0 Å². The first kappa shape index (κ1) is 15.8. The van der Waals surface area contributed by atoms with Crippen LogP contribution in [0, 0.1) is 5.41 Å². The molecule has 20 heavy (non-hydrogen) atoms. The summed E-state index contributed by atoms with van der Waals surface area (Å²) in [6, 6.07) is 0.418. The van der Waals surface area contributed by atoms with E-state index in [1.54, 1.807) is 0 Å². The zero-order valence-corrected chi connectivity index (χ0v) is 14.0. The standard InChI is InChI=1S/C16H27N3S/c1-5-7-17-13-8-16(3,4)9-14-12(13)10-18-15(19-14)11-20-6-2/h10,13,17H,5-9,11H2,1-4H3. The topological polar surface area (TPSA) is 37.8 Å². The Bertz CT molecular complexity index is 445. The van der Waals surface area contributed by atoms with Gasteiger partial charge in [0.05, 0.1) is 5.75 Å². The highest BCUT2D eigenvalue weighted by atomic mass is 32.2. The first-order valence-electron chi connectivity index (χ1n) is 7.71. The van der Waals surface area contributed by atoms with Gasteiger partial charge in [0.1, 0.15) is 5.82 Å². The van der Waals surface area contributed by atoms with Gasteiger partial charge in [-0.3, -0.25) is 0 Å². The highest BCUT2D eigenvalue weighted by Gasteiger charge is 2.33. The lowest BCUT2D eigenvalue weighted by molar-refractivity contribution is 0.253. The van der Waals surface area contributed by atoms with Crippen LogP contribution in [0.15, 0.2) is 6.20 Å². The minimum atomic E-state index is 0.321. The van der Waals surface area contributed by atoms with E-state index >= 15 is 0 Å². The highest BCUT2D eigenvalue weighted by molar-refractivity contribution is 7.98. The number of thioether (sulfide) groups is 1. The Morgan fingerprint density at radius 2 is 2.20 bits per heavy atom. The minimum Gasteiger partial charge on any atom is -0.310 e. The Morgan fingerprint density at radius 3 is 2.90 bits per heavy atom. The molecule has 1 aliphatic carbocycles. The van der Waals surface area contributed by atoms with Crippen molar-refractivity contribution in [3.63, 3.8) is 0 Å². The van der Waals surface area contributed by atoms with Crippen LogP contribution < -0.4 is 5.32 Å². The van der Waals surface area contributed by atoms with Crippen molar-refractivity contribution in [1.82, 2.24) is 15.3 Å². The predicted octanol–water partition coefficient (Wildman–Crippen LogP) is 3.74. The maximum Gasteiger partial charge on any atom is 0.138 e. The van der Waals surface area contributed by atoms with Crippen molar-refractivity contribution in [3.8, 4) is 0 Å². The fourth-order valence-electron chi connectivity index (χ4n) is 2.85. The number of aromatic nitrogens is 2. The van der Waals surface area contributed by atoms with Crippen LogP contribution in [0.25, 0.3) is 0 Å². The van der Waals surface area contributed by atoms with Crippen LogP contribution in [0.2, 0.25) is 0 Å². The van der Waals surface area contributed by atoms with E-state index in [4.69, 9.17) is 4.98 Å².